The van der Waals surface area contributed by atoms with Gasteiger partial charge in [0.2, 0.25) is 0 Å². The summed E-state index contributed by atoms with van der Waals surface area (Å²) >= 11 is 5.19. The number of aromatic nitrogens is 1. The van der Waals surface area contributed by atoms with Gasteiger partial charge in [0.15, 0.2) is 0 Å². The van der Waals surface area contributed by atoms with E-state index in [9.17, 15) is 4.39 Å². The highest BCUT2D eigenvalue weighted by atomic mass is 79.9. The number of aryl methyl sites for hydroxylation is 1. The first-order valence-electron chi connectivity index (χ1n) is 6.69. The molecule has 0 saturated carbocycles. The number of benzene rings is 1. The Morgan fingerprint density at radius 2 is 2.25 bits per heavy atom. The zero-order valence-corrected chi connectivity index (χ0v) is 14.0. The lowest BCUT2D eigenvalue weighted by molar-refractivity contribution is 0.533. The van der Waals surface area contributed by atoms with Crippen LogP contribution in [0.4, 0.5) is 4.39 Å². The maximum absolute atomic E-state index is 13.4. The molecule has 5 heteroatoms. The second-order valence-corrected chi connectivity index (χ2v) is 6.85. The minimum Gasteiger partial charge on any atom is -0.309 e. The quantitative estimate of drug-likeness (QED) is 0.815. The van der Waals surface area contributed by atoms with Crippen molar-refractivity contribution in [2.45, 2.75) is 32.7 Å². The van der Waals surface area contributed by atoms with Crippen LogP contribution < -0.4 is 5.32 Å². The van der Waals surface area contributed by atoms with E-state index in [1.807, 2.05) is 13.1 Å². The fourth-order valence-corrected chi connectivity index (χ4v) is 3.32. The molecule has 2 nitrogen and oxygen atoms in total. The van der Waals surface area contributed by atoms with Gasteiger partial charge in [-0.15, -0.1) is 11.3 Å². The van der Waals surface area contributed by atoms with Crippen LogP contribution in [0.3, 0.4) is 0 Å². The predicted octanol–water partition coefficient (Wildman–Crippen LogP) is 4.64. The maximum atomic E-state index is 13.4. The lowest BCUT2D eigenvalue weighted by Crippen LogP contribution is -2.23. The molecular weight excluding hydrogens is 339 g/mol. The smallest absolute Gasteiger partial charge is 0.123 e. The van der Waals surface area contributed by atoms with E-state index in [1.54, 1.807) is 23.5 Å². The van der Waals surface area contributed by atoms with Crippen LogP contribution in [0.2, 0.25) is 0 Å². The third-order valence-electron chi connectivity index (χ3n) is 3.06. The van der Waals surface area contributed by atoms with Crippen LogP contribution in [-0.4, -0.2) is 11.5 Å². The number of nitrogens with zero attached hydrogens (tertiary/aromatic N) is 1. The van der Waals surface area contributed by atoms with E-state index in [0.717, 1.165) is 34.4 Å². The molecule has 1 atom stereocenters. The van der Waals surface area contributed by atoms with Gasteiger partial charge in [-0.05, 0) is 50.1 Å². The van der Waals surface area contributed by atoms with Gasteiger partial charge in [-0.2, -0.15) is 0 Å². The minimum atomic E-state index is -0.196. The van der Waals surface area contributed by atoms with Crippen LogP contribution in [0.15, 0.2) is 28.9 Å². The number of nitrogens with one attached hydrogen (secondary N) is 1. The van der Waals surface area contributed by atoms with Crippen LogP contribution in [-0.2, 0) is 6.42 Å². The van der Waals surface area contributed by atoms with Crippen molar-refractivity contribution in [1.82, 2.24) is 10.3 Å². The first-order chi connectivity index (χ1) is 9.60. The second kappa shape index (κ2) is 7.29. The Kier molecular flexibility index (Phi) is 5.69. The lowest BCUT2D eigenvalue weighted by Gasteiger charge is -2.17. The summed E-state index contributed by atoms with van der Waals surface area (Å²) in [7, 11) is 0. The lowest BCUT2D eigenvalue weighted by atomic mass is 10.0. The van der Waals surface area contributed by atoms with E-state index in [0.29, 0.717) is 0 Å². The van der Waals surface area contributed by atoms with Crippen LogP contribution in [0.1, 0.15) is 34.8 Å². The van der Waals surface area contributed by atoms with Crippen molar-refractivity contribution in [3.05, 3.63) is 50.1 Å². The fourth-order valence-electron chi connectivity index (χ4n) is 2.05. The SMILES string of the molecule is CCCNC(Cc1cc(F)ccc1Br)c1cnc(C)s1. The Morgan fingerprint density at radius 3 is 2.90 bits per heavy atom. The Labute approximate surface area is 131 Å². The Morgan fingerprint density at radius 1 is 1.45 bits per heavy atom. The molecule has 0 fully saturated rings. The molecule has 0 bridgehead atoms. The van der Waals surface area contributed by atoms with Gasteiger partial charge in [0.25, 0.3) is 0 Å². The predicted molar refractivity (Wildman–Crippen MR) is 85.7 cm³/mol. The van der Waals surface area contributed by atoms with Gasteiger partial charge in [-0.1, -0.05) is 22.9 Å². The molecule has 1 aromatic heterocycles. The van der Waals surface area contributed by atoms with Crippen LogP contribution in [0.25, 0.3) is 0 Å². The summed E-state index contributed by atoms with van der Waals surface area (Å²) < 4.78 is 14.4. The molecule has 0 spiro atoms. The van der Waals surface area contributed by atoms with Crippen molar-refractivity contribution in [2.24, 2.45) is 0 Å². The summed E-state index contributed by atoms with van der Waals surface area (Å²) in [5.74, 6) is -0.196. The highest BCUT2D eigenvalue weighted by Crippen LogP contribution is 2.27. The third kappa shape index (κ3) is 4.11. The summed E-state index contributed by atoms with van der Waals surface area (Å²) in [4.78, 5) is 5.52. The number of thiazole rings is 1. The molecule has 1 N–H and O–H groups in total. The van der Waals surface area contributed by atoms with E-state index in [4.69, 9.17) is 0 Å². The average Bonchev–Trinajstić information content (AvgIpc) is 2.85. The summed E-state index contributed by atoms with van der Waals surface area (Å²) in [6.45, 7) is 5.08. The Bertz CT molecular complexity index is 571. The number of rotatable bonds is 6. The van der Waals surface area contributed by atoms with E-state index in [-0.39, 0.29) is 11.9 Å². The normalized spacial score (nSPS) is 12.6. The van der Waals surface area contributed by atoms with Crippen molar-refractivity contribution in [3.8, 4) is 0 Å². The highest BCUT2D eigenvalue weighted by Gasteiger charge is 2.16. The van der Waals surface area contributed by atoms with Gasteiger partial charge in [-0.25, -0.2) is 9.37 Å². The van der Waals surface area contributed by atoms with E-state index >= 15 is 0 Å². The second-order valence-electron chi connectivity index (χ2n) is 4.73. The zero-order chi connectivity index (χ0) is 14.5. The van der Waals surface area contributed by atoms with Crippen LogP contribution in [0, 0.1) is 12.7 Å². The topological polar surface area (TPSA) is 24.9 Å². The van der Waals surface area contributed by atoms with Crippen molar-refractivity contribution >= 4 is 27.3 Å². The van der Waals surface area contributed by atoms with Gasteiger partial charge in [0.05, 0.1) is 5.01 Å². The number of halogens is 2. The monoisotopic (exact) mass is 356 g/mol. The zero-order valence-electron chi connectivity index (χ0n) is 11.6. The van der Waals surface area contributed by atoms with Gasteiger partial charge in [-0.3, -0.25) is 0 Å². The summed E-state index contributed by atoms with van der Waals surface area (Å²) in [5.41, 5.74) is 0.977. The van der Waals surface area contributed by atoms with Crippen LogP contribution >= 0.6 is 27.3 Å². The standard InChI is InChI=1S/C15H18BrFN2S/c1-3-6-18-14(15-9-19-10(2)20-15)8-11-7-12(17)4-5-13(11)16/h4-5,7,9,14,18H,3,6,8H2,1-2H3. The van der Waals surface area contributed by atoms with E-state index in [2.05, 4.69) is 33.2 Å². The highest BCUT2D eigenvalue weighted by molar-refractivity contribution is 9.10. The fraction of sp³-hybridized carbons (Fsp3) is 0.400. The van der Waals surface area contributed by atoms with Crippen molar-refractivity contribution in [2.75, 3.05) is 6.54 Å². The summed E-state index contributed by atoms with van der Waals surface area (Å²) in [6, 6.07) is 5.01. The van der Waals surface area contributed by atoms with Crippen molar-refractivity contribution in [3.63, 3.8) is 0 Å². The number of hydrogen-bond donors (Lipinski definition) is 1. The van der Waals surface area contributed by atoms with E-state index < -0.39 is 0 Å². The molecule has 0 aliphatic heterocycles. The van der Waals surface area contributed by atoms with Crippen molar-refractivity contribution in [1.29, 1.82) is 0 Å². The average molecular weight is 357 g/mol. The van der Waals surface area contributed by atoms with Gasteiger partial charge in [0.1, 0.15) is 5.82 Å². The first-order valence-corrected chi connectivity index (χ1v) is 8.30. The van der Waals surface area contributed by atoms with Gasteiger partial charge in [0, 0.05) is 21.6 Å². The molecule has 108 valence electrons. The van der Waals surface area contributed by atoms with Crippen molar-refractivity contribution < 1.29 is 4.39 Å². The first kappa shape index (κ1) is 15.6. The molecule has 1 aromatic carbocycles. The largest absolute Gasteiger partial charge is 0.309 e. The molecule has 20 heavy (non-hydrogen) atoms. The molecule has 0 amide bonds. The van der Waals surface area contributed by atoms with Gasteiger partial charge >= 0.3 is 0 Å². The molecule has 1 heterocycles. The molecule has 2 aromatic rings. The molecule has 0 saturated heterocycles. The third-order valence-corrected chi connectivity index (χ3v) is 4.86. The molecule has 0 aliphatic rings. The maximum Gasteiger partial charge on any atom is 0.123 e. The molecule has 0 radical (unpaired) electrons. The number of hydrogen-bond acceptors (Lipinski definition) is 3. The minimum absolute atomic E-state index is 0.180. The Hall–Kier alpha value is -0.780. The molecular formula is C15H18BrFN2S. The summed E-state index contributed by atoms with van der Waals surface area (Å²) in [5, 5.41) is 4.58. The van der Waals surface area contributed by atoms with E-state index in [1.165, 1.54) is 10.9 Å². The Balaban J connectivity index is 2.21. The van der Waals surface area contributed by atoms with Gasteiger partial charge < -0.3 is 5.32 Å². The molecule has 0 aliphatic carbocycles. The molecule has 2 rings (SSSR count). The summed E-state index contributed by atoms with van der Waals surface area (Å²) in [6.07, 6.45) is 3.74. The molecule has 1 unspecified atom stereocenters. The van der Waals surface area contributed by atoms with Crippen LogP contribution in [0.5, 0.6) is 0 Å².